The number of nitrogens with zero attached hydrogens (tertiary/aromatic N) is 1. The summed E-state index contributed by atoms with van der Waals surface area (Å²) >= 11 is 0. The van der Waals surface area contributed by atoms with Crippen LogP contribution in [-0.4, -0.2) is 23.3 Å². The van der Waals surface area contributed by atoms with E-state index in [2.05, 4.69) is 30.3 Å². The summed E-state index contributed by atoms with van der Waals surface area (Å²) in [5.74, 6) is -0.244. The Morgan fingerprint density at radius 2 is 1.48 bits per heavy atom. The van der Waals surface area contributed by atoms with Gasteiger partial charge in [0, 0.05) is 29.7 Å². The standard InChI is InChI=1S/C26H26FNO2.C11H12O/c1-4-30-26(29)24-22(18-12-14-19(27)15-13-18)23-20-10-6-5-8-17(20)9-7-11-21(23)28-25(24)16(2)3;12-11-7-3-6-9-4-1-2-5-10(9)8-11/h5-6,8,10,12-16H,4,7,9,11H2,1-3H3;1-2,4-5H,3,6-8H2. The maximum atomic E-state index is 13.7. The fourth-order valence-corrected chi connectivity index (χ4v) is 6.04. The zero-order chi connectivity index (χ0) is 29.6. The van der Waals surface area contributed by atoms with Gasteiger partial charge in [-0.2, -0.15) is 0 Å². The maximum absolute atomic E-state index is 13.7. The van der Waals surface area contributed by atoms with Gasteiger partial charge in [-0.3, -0.25) is 9.78 Å². The third-order valence-corrected chi connectivity index (χ3v) is 8.01. The predicted octanol–water partition coefficient (Wildman–Crippen LogP) is 8.48. The number of ketones is 1. The summed E-state index contributed by atoms with van der Waals surface area (Å²) in [5, 5.41) is 0. The zero-order valence-corrected chi connectivity index (χ0v) is 24.7. The van der Waals surface area contributed by atoms with Crippen molar-refractivity contribution in [3.63, 3.8) is 0 Å². The van der Waals surface area contributed by atoms with Crippen LogP contribution in [0.4, 0.5) is 4.39 Å². The third kappa shape index (κ3) is 6.35. The van der Waals surface area contributed by atoms with Crippen molar-refractivity contribution in [3.05, 3.63) is 112 Å². The molecule has 1 aromatic heterocycles. The van der Waals surface area contributed by atoms with Crippen molar-refractivity contribution in [2.45, 2.75) is 71.6 Å². The number of rotatable bonds is 4. The molecule has 0 saturated heterocycles. The number of carbonyl (C=O) groups is 2. The summed E-state index contributed by atoms with van der Waals surface area (Å²) in [7, 11) is 0. The molecule has 4 aromatic rings. The van der Waals surface area contributed by atoms with Crippen LogP contribution in [0, 0.1) is 5.82 Å². The number of ether oxygens (including phenoxy) is 1. The van der Waals surface area contributed by atoms with E-state index < -0.39 is 0 Å². The van der Waals surface area contributed by atoms with Crippen LogP contribution in [-0.2, 0) is 35.2 Å². The van der Waals surface area contributed by atoms with Gasteiger partial charge in [-0.15, -0.1) is 0 Å². The molecule has 0 unspecified atom stereocenters. The minimum atomic E-state index is -0.377. The second-order valence-electron chi connectivity index (χ2n) is 11.3. The number of fused-ring (bicyclic) bond motifs is 4. The fraction of sp³-hybridized carbons (Fsp3) is 0.324. The van der Waals surface area contributed by atoms with E-state index in [1.165, 1.54) is 28.8 Å². The van der Waals surface area contributed by atoms with Crippen LogP contribution in [0.1, 0.15) is 84.4 Å². The summed E-state index contributed by atoms with van der Waals surface area (Å²) in [5.41, 5.74) is 9.75. The second kappa shape index (κ2) is 13.2. The number of hydrogen-bond donors (Lipinski definition) is 0. The number of carbonyl (C=O) groups excluding carboxylic acids is 2. The van der Waals surface area contributed by atoms with E-state index in [0.29, 0.717) is 17.8 Å². The van der Waals surface area contributed by atoms with Gasteiger partial charge >= 0.3 is 5.97 Å². The van der Waals surface area contributed by atoms with E-state index in [0.717, 1.165) is 72.2 Å². The van der Waals surface area contributed by atoms with Crippen molar-refractivity contribution in [2.24, 2.45) is 0 Å². The first kappa shape index (κ1) is 29.4. The van der Waals surface area contributed by atoms with Gasteiger partial charge in [-0.05, 0) is 84.9 Å². The van der Waals surface area contributed by atoms with Gasteiger partial charge in [-0.1, -0.05) is 74.5 Å². The first-order valence-electron chi connectivity index (χ1n) is 15.0. The number of halogens is 1. The normalized spacial score (nSPS) is 14.0. The molecule has 0 amide bonds. The Kier molecular flexibility index (Phi) is 9.26. The van der Waals surface area contributed by atoms with Gasteiger partial charge in [0.2, 0.25) is 0 Å². The van der Waals surface area contributed by atoms with Crippen LogP contribution < -0.4 is 0 Å². The molecule has 5 heteroatoms. The van der Waals surface area contributed by atoms with Gasteiger partial charge < -0.3 is 4.74 Å². The highest BCUT2D eigenvalue weighted by atomic mass is 19.1. The zero-order valence-electron chi connectivity index (χ0n) is 24.7. The number of esters is 1. The van der Waals surface area contributed by atoms with Crippen molar-refractivity contribution < 1.29 is 18.7 Å². The molecule has 6 rings (SSSR count). The van der Waals surface area contributed by atoms with Gasteiger partial charge in [0.1, 0.15) is 11.6 Å². The average molecular weight is 564 g/mol. The smallest absolute Gasteiger partial charge is 0.340 e. The average Bonchev–Trinajstić information content (AvgIpc) is 3.29. The summed E-state index contributed by atoms with van der Waals surface area (Å²) in [6.07, 6.45) is 6.29. The lowest BCUT2D eigenvalue weighted by molar-refractivity contribution is -0.118. The van der Waals surface area contributed by atoms with Crippen LogP contribution in [0.2, 0.25) is 0 Å². The molecule has 0 atom stereocenters. The van der Waals surface area contributed by atoms with E-state index in [4.69, 9.17) is 9.72 Å². The maximum Gasteiger partial charge on any atom is 0.340 e. The van der Waals surface area contributed by atoms with E-state index in [9.17, 15) is 14.0 Å². The molecule has 2 aliphatic carbocycles. The molecule has 0 saturated carbocycles. The summed E-state index contributed by atoms with van der Waals surface area (Å²) < 4.78 is 19.2. The highest BCUT2D eigenvalue weighted by Crippen LogP contribution is 2.43. The molecule has 0 radical (unpaired) electrons. The molecule has 4 nitrogen and oxygen atoms in total. The number of aryl methyl sites for hydroxylation is 3. The Morgan fingerprint density at radius 3 is 2.19 bits per heavy atom. The largest absolute Gasteiger partial charge is 0.462 e. The van der Waals surface area contributed by atoms with Crippen LogP contribution in [0.3, 0.4) is 0 Å². The molecule has 0 aliphatic heterocycles. The summed E-state index contributed by atoms with van der Waals surface area (Å²) in [4.78, 5) is 29.4. The first-order chi connectivity index (χ1) is 20.4. The molecule has 216 valence electrons. The molecule has 1 heterocycles. The fourth-order valence-electron chi connectivity index (χ4n) is 6.04. The Labute approximate surface area is 248 Å². The van der Waals surface area contributed by atoms with Crippen LogP contribution in [0.15, 0.2) is 72.8 Å². The van der Waals surface area contributed by atoms with E-state index in [1.807, 2.05) is 32.0 Å². The van der Waals surface area contributed by atoms with Gasteiger partial charge in [0.25, 0.3) is 0 Å². The second-order valence-corrected chi connectivity index (χ2v) is 11.3. The minimum Gasteiger partial charge on any atom is -0.462 e. The molecule has 0 fully saturated rings. The SMILES string of the molecule is CCOC(=O)c1c(C(C)C)nc2c(c1-c1ccc(F)cc1)-c1ccccc1CCC2.O=C1CCCc2ccccc2C1. The first-order valence-corrected chi connectivity index (χ1v) is 15.0. The Bertz CT molecular complexity index is 1590. The number of Topliss-reactive ketones (excluding diaryl/α,β-unsaturated/α-hetero) is 1. The van der Waals surface area contributed by atoms with Crippen LogP contribution >= 0.6 is 0 Å². The molecule has 3 aromatic carbocycles. The van der Waals surface area contributed by atoms with Crippen LogP contribution in [0.25, 0.3) is 22.3 Å². The lowest BCUT2D eigenvalue weighted by atomic mass is 9.85. The highest BCUT2D eigenvalue weighted by Gasteiger charge is 2.30. The summed E-state index contributed by atoms with van der Waals surface area (Å²) in [6.45, 7) is 6.16. The van der Waals surface area contributed by atoms with Crippen molar-refractivity contribution in [2.75, 3.05) is 6.61 Å². The van der Waals surface area contributed by atoms with Gasteiger partial charge in [0.05, 0.1) is 17.9 Å². The number of benzene rings is 3. The van der Waals surface area contributed by atoms with Crippen molar-refractivity contribution in [1.29, 1.82) is 0 Å². The van der Waals surface area contributed by atoms with Crippen molar-refractivity contribution >= 4 is 11.8 Å². The topological polar surface area (TPSA) is 56.3 Å². The molecule has 42 heavy (non-hydrogen) atoms. The minimum absolute atomic E-state index is 0.0485. The van der Waals surface area contributed by atoms with Crippen molar-refractivity contribution in [1.82, 2.24) is 4.98 Å². The Morgan fingerprint density at radius 1 is 0.833 bits per heavy atom. The monoisotopic (exact) mass is 563 g/mol. The molecule has 0 bridgehead atoms. The lowest BCUT2D eigenvalue weighted by Gasteiger charge is -2.22. The van der Waals surface area contributed by atoms with Crippen molar-refractivity contribution in [3.8, 4) is 22.3 Å². The highest BCUT2D eigenvalue weighted by molar-refractivity contribution is 6.04. The van der Waals surface area contributed by atoms with E-state index in [-0.39, 0.29) is 24.3 Å². The number of aromatic nitrogens is 1. The van der Waals surface area contributed by atoms with E-state index in [1.54, 1.807) is 19.1 Å². The Hall–Kier alpha value is -4.12. The Balaban J connectivity index is 0.000000244. The number of pyridine rings is 1. The number of hydrogen-bond acceptors (Lipinski definition) is 4. The molecule has 0 N–H and O–H groups in total. The molecular weight excluding hydrogens is 525 g/mol. The summed E-state index contributed by atoms with van der Waals surface area (Å²) in [6, 6.07) is 22.9. The van der Waals surface area contributed by atoms with Gasteiger partial charge in [-0.25, -0.2) is 9.18 Å². The molecular formula is C37H38FNO3. The molecule has 2 aliphatic rings. The molecule has 0 spiro atoms. The predicted molar refractivity (Wildman–Crippen MR) is 165 cm³/mol. The van der Waals surface area contributed by atoms with Gasteiger partial charge in [0.15, 0.2) is 0 Å². The van der Waals surface area contributed by atoms with E-state index >= 15 is 0 Å². The lowest BCUT2D eigenvalue weighted by Crippen LogP contribution is -2.15. The third-order valence-electron chi connectivity index (χ3n) is 8.01. The van der Waals surface area contributed by atoms with Crippen LogP contribution in [0.5, 0.6) is 0 Å². The quantitative estimate of drug-likeness (QED) is 0.185.